The molecule has 0 saturated carbocycles. The molecule has 0 aliphatic carbocycles. The number of rotatable bonds is 20. The summed E-state index contributed by atoms with van der Waals surface area (Å²) in [6.07, 6.45) is 0.893. The van der Waals surface area contributed by atoms with Crippen LogP contribution in [0.2, 0.25) is 0 Å². The molecule has 0 bridgehead atoms. The number of thiol groups is 1. The number of likely N-dealkylation sites (tertiary alicyclic amines) is 2. The second-order valence-electron chi connectivity index (χ2n) is 16.6. The number of nitro benzene ring substituents is 2. The molecule has 2 fully saturated rings. The van der Waals surface area contributed by atoms with E-state index < -0.39 is 60.9 Å². The second kappa shape index (κ2) is 34.3. The van der Waals surface area contributed by atoms with Crippen LogP contribution in [-0.2, 0) is 67.8 Å². The van der Waals surface area contributed by atoms with Crippen molar-refractivity contribution in [2.75, 3.05) is 71.8 Å². The van der Waals surface area contributed by atoms with Gasteiger partial charge >= 0.3 is 51.9 Å². The van der Waals surface area contributed by atoms with Crippen molar-refractivity contribution in [2.24, 2.45) is 10.0 Å². The number of carbonyl (C=O) groups excluding carboxylic acids is 7. The van der Waals surface area contributed by atoms with Gasteiger partial charge in [-0.15, -0.1) is 0 Å². The van der Waals surface area contributed by atoms with Crippen molar-refractivity contribution < 1.29 is 80.1 Å². The molecule has 2 atom stereocenters. The van der Waals surface area contributed by atoms with Crippen molar-refractivity contribution in [3.63, 3.8) is 0 Å². The van der Waals surface area contributed by atoms with Crippen LogP contribution in [0.1, 0.15) is 101 Å². The molecule has 3 aromatic carbocycles. The number of halogens is 1. The Morgan fingerprint density at radius 1 is 0.750 bits per heavy atom. The van der Waals surface area contributed by atoms with E-state index in [1.54, 1.807) is 45.9 Å². The van der Waals surface area contributed by atoms with E-state index in [2.05, 4.69) is 50.2 Å². The van der Waals surface area contributed by atoms with Crippen molar-refractivity contribution in [2.45, 2.75) is 84.3 Å². The molecule has 0 aromatic heterocycles. The number of nitro groups is 2. The molecule has 3 aliphatic heterocycles. The van der Waals surface area contributed by atoms with Crippen LogP contribution in [0, 0.1) is 27.2 Å². The third kappa shape index (κ3) is 19.6. The molecule has 437 valence electrons. The number of imide groups is 2. The summed E-state index contributed by atoms with van der Waals surface area (Å²) in [7, 11) is 0.169. The number of methoxy groups -OCH3 is 2. The summed E-state index contributed by atoms with van der Waals surface area (Å²) in [5.74, 6) is -2.94. The van der Waals surface area contributed by atoms with E-state index in [0.29, 0.717) is 34.4 Å². The van der Waals surface area contributed by atoms with Crippen molar-refractivity contribution in [3.8, 4) is 0 Å². The average molecular weight is 1240 g/mol. The topological polar surface area (TPSA) is 369 Å². The SMILES string of the molecule is CCOP(=O)(CCN1C(=O)CCC(N)C1=O)OCC.CCOP(=O)(CCN1C(=O)CCC(N2Cc3c(N)cccc3C2=O)C1=O)OCC.COC(=O)c1cccc([N+](=O)[O-])c1C.COC(=O)c1cccc([N+](=O)[O-])c1CBr.[B]=NS. The number of fused-ring (bicyclic) bond motifs is 1. The minimum absolute atomic E-state index is 0.00111. The zero-order chi connectivity index (χ0) is 60.5. The molecule has 4 N–H and O–H groups in total. The van der Waals surface area contributed by atoms with Gasteiger partial charge in [-0.05, 0) is 71.7 Å². The average Bonchev–Trinajstić information content (AvgIpc) is 3.76. The molecule has 1 radical (unpaired) electrons. The third-order valence-electron chi connectivity index (χ3n) is 11.7. The van der Waals surface area contributed by atoms with E-state index >= 15 is 0 Å². The van der Waals surface area contributed by atoms with Crippen molar-refractivity contribution in [1.29, 1.82) is 0 Å². The fraction of sp³-hybridized carbons (Fsp3) is 0.479. The van der Waals surface area contributed by atoms with E-state index in [1.807, 2.05) is 0 Å². The Morgan fingerprint density at radius 3 is 1.64 bits per heavy atom. The van der Waals surface area contributed by atoms with Gasteiger partial charge in [0.25, 0.3) is 23.2 Å². The number of ether oxygens (including phenoxy) is 2. The minimum atomic E-state index is -3.39. The number of hydrogen-bond donors (Lipinski definition) is 3. The van der Waals surface area contributed by atoms with Crippen molar-refractivity contribution in [1.82, 2.24) is 14.7 Å². The van der Waals surface area contributed by atoms with Gasteiger partial charge < -0.3 is 43.9 Å². The predicted molar refractivity (Wildman–Crippen MR) is 299 cm³/mol. The normalized spacial score (nSPS) is 15.8. The molecule has 2 saturated heterocycles. The van der Waals surface area contributed by atoms with Crippen molar-refractivity contribution in [3.05, 3.63) is 108 Å². The molecule has 3 aromatic rings. The summed E-state index contributed by atoms with van der Waals surface area (Å²) in [4.78, 5) is 108. The number of hydrogen-bond acceptors (Lipinski definition) is 23. The van der Waals surface area contributed by atoms with E-state index in [0.717, 1.165) is 9.80 Å². The van der Waals surface area contributed by atoms with Crippen molar-refractivity contribution >= 4 is 110 Å². The fourth-order valence-corrected chi connectivity index (χ4v) is 11.7. The summed E-state index contributed by atoms with van der Waals surface area (Å²) >= 11 is 6.30. The molecule has 5 amide bonds. The van der Waals surface area contributed by atoms with Crippen LogP contribution in [-0.4, -0.2) is 152 Å². The van der Waals surface area contributed by atoms with Gasteiger partial charge in [0.2, 0.25) is 17.7 Å². The van der Waals surface area contributed by atoms with Crippen LogP contribution in [0.15, 0.2) is 58.9 Å². The summed E-state index contributed by atoms with van der Waals surface area (Å²) in [6.45, 7) is 9.39. The Hall–Kier alpha value is -6.10. The van der Waals surface area contributed by atoms with Crippen LogP contribution in [0.5, 0.6) is 0 Å². The number of esters is 2. The Labute approximate surface area is 477 Å². The first-order valence-electron chi connectivity index (χ1n) is 24.5. The zero-order valence-electron chi connectivity index (χ0n) is 45.1. The third-order valence-corrected chi connectivity index (χ3v) is 16.4. The number of piperidine rings is 2. The van der Waals surface area contributed by atoms with Crippen LogP contribution in [0.4, 0.5) is 17.1 Å². The monoisotopic (exact) mass is 1240 g/mol. The Kier molecular flexibility index (Phi) is 30.0. The number of nitrogens with two attached hydrogens (primary N) is 2. The molecule has 0 spiro atoms. The van der Waals surface area contributed by atoms with Gasteiger partial charge in [0.1, 0.15) is 6.04 Å². The molecule has 27 nitrogen and oxygen atoms in total. The van der Waals surface area contributed by atoms with Gasteiger partial charge in [-0.2, -0.15) is 0 Å². The maximum atomic E-state index is 13.0. The van der Waals surface area contributed by atoms with Crippen LogP contribution in [0.3, 0.4) is 0 Å². The van der Waals surface area contributed by atoms with Gasteiger partial charge in [-0.25, -0.2) is 9.59 Å². The molecular weight excluding hydrogens is 1180 g/mol. The first-order chi connectivity index (χ1) is 37.8. The van der Waals surface area contributed by atoms with Gasteiger partial charge in [-0.3, -0.25) is 63.1 Å². The number of carbonyl (C=O) groups is 7. The summed E-state index contributed by atoms with van der Waals surface area (Å²) in [5, 5.41) is 21.4. The van der Waals surface area contributed by atoms with Gasteiger partial charge in [-0.1, -0.05) is 34.1 Å². The first kappa shape index (κ1) is 70.0. The molecule has 3 heterocycles. The zero-order valence-corrected chi connectivity index (χ0v) is 49.4. The number of amides is 5. The second-order valence-corrected chi connectivity index (χ2v) is 21.8. The standard InChI is InChI=1S/C19H26N3O6P.C11H21N2O5P.C9H8BrNO4.C9H9NO4.BHNS/c1-3-27-29(26,28-4-2)11-10-21-17(23)9-8-16(19(21)25)22-12-14-13(18(22)24)6-5-7-15(14)20;1-3-17-19(16,18-4-2)8-7-13-10(14)6-5-9(12)11(13)15;1-15-9(12)6-3-2-4-8(11(13)14)7(6)5-10;1-6-7(9(11)14-2)4-3-5-8(6)10(12)13;1-2-3/h5-7,16H,3-4,8-12,20H2,1-2H3;9H,3-8,12H2,1-2H3;2-4H,5H2,1H3;3-5H,1-2H3;3H. The number of nitrogen functional groups attached to an aromatic ring is 1. The van der Waals surface area contributed by atoms with Gasteiger partial charge in [0.05, 0.1) is 85.5 Å². The van der Waals surface area contributed by atoms with Gasteiger partial charge in [0.15, 0.2) is 0 Å². The van der Waals surface area contributed by atoms with E-state index in [-0.39, 0.29) is 123 Å². The predicted octanol–water partition coefficient (Wildman–Crippen LogP) is 6.89. The summed E-state index contributed by atoms with van der Waals surface area (Å²) in [6, 6.07) is 12.3. The number of nitrogens with zero attached hydrogens (tertiary/aromatic N) is 6. The Bertz CT molecular complexity index is 2820. The molecule has 32 heteroatoms. The molecule has 80 heavy (non-hydrogen) atoms. The Morgan fingerprint density at radius 2 is 1.19 bits per heavy atom. The molecule has 2 unspecified atom stereocenters. The molecular formula is C48H65BBrN8O19P2S. The number of anilines is 1. The quantitative estimate of drug-likeness (QED) is 0.0119. The number of benzene rings is 3. The van der Waals surface area contributed by atoms with Crippen LogP contribution in [0.25, 0.3) is 0 Å². The molecule has 6 rings (SSSR count). The van der Waals surface area contributed by atoms with Gasteiger partial charge in [0, 0.05) is 72.3 Å². The summed E-state index contributed by atoms with van der Waals surface area (Å²) in [5.41, 5.74) is 14.2. The van der Waals surface area contributed by atoms with Crippen LogP contribution < -0.4 is 11.5 Å². The van der Waals surface area contributed by atoms with E-state index in [9.17, 15) is 62.9 Å². The fourth-order valence-electron chi connectivity index (χ4n) is 7.98. The van der Waals surface area contributed by atoms with E-state index in [4.69, 9.17) is 29.6 Å². The number of alkyl halides is 1. The first-order valence-corrected chi connectivity index (χ1v) is 29.5. The van der Waals surface area contributed by atoms with Crippen LogP contribution >= 0.6 is 43.9 Å². The van der Waals surface area contributed by atoms with E-state index in [1.165, 1.54) is 62.4 Å². The summed E-state index contributed by atoms with van der Waals surface area (Å²) < 4.78 is 57.3. The molecule has 3 aliphatic rings. The maximum absolute atomic E-state index is 13.0. The Balaban J connectivity index is 0.000000375.